The van der Waals surface area contributed by atoms with Gasteiger partial charge in [-0.1, -0.05) is 37.6 Å². The van der Waals surface area contributed by atoms with E-state index in [0.717, 1.165) is 40.8 Å². The van der Waals surface area contributed by atoms with E-state index in [1.54, 1.807) is 4.68 Å². The van der Waals surface area contributed by atoms with Crippen molar-refractivity contribution in [3.8, 4) is 17.1 Å². The first-order valence-corrected chi connectivity index (χ1v) is 11.9. The number of nitrogens with zero attached hydrogens (tertiary/aromatic N) is 5. The number of para-hydroxylation sites is 3. The minimum atomic E-state index is -0.698. The number of carbonyl (C=O) groups excluding carboxylic acids is 1. The lowest BCUT2D eigenvalue weighted by molar-refractivity contribution is -0.116. The summed E-state index contributed by atoms with van der Waals surface area (Å²) in [5.74, 6) is 0.322. The maximum absolute atomic E-state index is 13.6. The maximum Gasteiger partial charge on any atom is 0.239 e. The van der Waals surface area contributed by atoms with Gasteiger partial charge in [0, 0.05) is 12.8 Å². The molecule has 0 spiro atoms. The fraction of sp³-hybridized carbons (Fsp3) is 0.296. The quantitative estimate of drug-likeness (QED) is 0.419. The van der Waals surface area contributed by atoms with E-state index in [0.29, 0.717) is 35.3 Å². The number of nitrogens with one attached hydrogen (secondary N) is 1. The van der Waals surface area contributed by atoms with Crippen molar-refractivity contribution in [1.82, 2.24) is 19.7 Å². The van der Waals surface area contributed by atoms with Crippen LogP contribution in [-0.2, 0) is 18.3 Å². The molecule has 2 aromatic heterocycles. The van der Waals surface area contributed by atoms with Crippen molar-refractivity contribution < 1.29 is 9.53 Å². The van der Waals surface area contributed by atoms with Gasteiger partial charge < -0.3 is 10.1 Å². The predicted molar refractivity (Wildman–Crippen MR) is 137 cm³/mol. The minimum Gasteiger partial charge on any atom is -0.493 e. The zero-order valence-electron chi connectivity index (χ0n) is 20.4. The van der Waals surface area contributed by atoms with Crippen LogP contribution in [0.15, 0.2) is 53.5 Å². The molecule has 1 amide bonds. The summed E-state index contributed by atoms with van der Waals surface area (Å²) in [7, 11) is 1.87. The predicted octanol–water partition coefficient (Wildman–Crippen LogP) is 5.21. The van der Waals surface area contributed by atoms with E-state index in [4.69, 9.17) is 24.8 Å². The summed E-state index contributed by atoms with van der Waals surface area (Å²) in [4.78, 5) is 28.3. The summed E-state index contributed by atoms with van der Waals surface area (Å²) in [6.45, 7) is 6.45. The van der Waals surface area contributed by atoms with Crippen molar-refractivity contribution in [3.63, 3.8) is 0 Å². The van der Waals surface area contributed by atoms with E-state index >= 15 is 0 Å². The van der Waals surface area contributed by atoms with Crippen LogP contribution in [0.25, 0.3) is 22.4 Å². The molecule has 0 radical (unpaired) electrons. The van der Waals surface area contributed by atoms with E-state index in [9.17, 15) is 4.79 Å². The fourth-order valence-corrected chi connectivity index (χ4v) is 4.58. The maximum atomic E-state index is 13.6. The molecule has 0 saturated carbocycles. The Kier molecular flexibility index (Phi) is 6.03. The van der Waals surface area contributed by atoms with Crippen LogP contribution >= 0.6 is 0 Å². The molecule has 1 atom stereocenters. The molecule has 1 N–H and O–H groups in total. The van der Waals surface area contributed by atoms with E-state index < -0.39 is 5.92 Å². The zero-order valence-corrected chi connectivity index (χ0v) is 20.4. The van der Waals surface area contributed by atoms with Gasteiger partial charge in [-0.25, -0.2) is 9.97 Å². The van der Waals surface area contributed by atoms with Crippen molar-refractivity contribution in [2.75, 3.05) is 11.9 Å². The monoisotopic (exact) mass is 468 g/mol. The number of carbonyl (C=O) groups is 1. The first-order valence-electron chi connectivity index (χ1n) is 11.9. The molecule has 35 heavy (non-hydrogen) atoms. The number of aryl methyl sites for hydroxylation is 2. The number of anilines is 1. The molecule has 3 heterocycles. The third-order valence-corrected chi connectivity index (χ3v) is 6.11. The van der Waals surface area contributed by atoms with Crippen LogP contribution in [0.2, 0.25) is 0 Å². The van der Waals surface area contributed by atoms with Crippen LogP contribution in [0.1, 0.15) is 44.5 Å². The van der Waals surface area contributed by atoms with E-state index in [-0.39, 0.29) is 5.91 Å². The molecular weight excluding hydrogens is 440 g/mol. The number of fused-ring (bicyclic) bond motifs is 2. The van der Waals surface area contributed by atoms with Gasteiger partial charge >= 0.3 is 0 Å². The Bertz CT molecular complexity index is 1460. The van der Waals surface area contributed by atoms with E-state index in [1.807, 2.05) is 69.4 Å². The summed E-state index contributed by atoms with van der Waals surface area (Å²) in [5.41, 5.74) is 5.81. The average Bonchev–Trinajstić information content (AvgIpc) is 3.09. The van der Waals surface area contributed by atoms with E-state index in [2.05, 4.69) is 12.2 Å². The molecule has 0 fully saturated rings. The Morgan fingerprint density at radius 3 is 2.63 bits per heavy atom. The van der Waals surface area contributed by atoms with E-state index in [1.165, 1.54) is 0 Å². The first-order chi connectivity index (χ1) is 17.0. The molecule has 2 aromatic carbocycles. The molecular formula is C27H28N6O2. The standard InChI is InChI=1S/C27H28N6O2/c1-5-11-20-23-25(33(4)32-20)24(31-26(30-23)17-12-7-10-15-21(17)35-6-2)22-16(3)28-18-13-8-9-14-19(18)29-27(22)34/h7-10,12-15,22H,5-6,11H2,1-4H3,(H,29,34). The molecule has 1 unspecified atom stereocenters. The van der Waals surface area contributed by atoms with Gasteiger partial charge in [0.25, 0.3) is 0 Å². The third-order valence-electron chi connectivity index (χ3n) is 6.11. The Balaban J connectivity index is 1.77. The number of benzene rings is 2. The molecule has 5 rings (SSSR count). The zero-order chi connectivity index (χ0) is 24.5. The fourth-order valence-electron chi connectivity index (χ4n) is 4.58. The summed E-state index contributed by atoms with van der Waals surface area (Å²) in [6, 6.07) is 15.2. The largest absolute Gasteiger partial charge is 0.493 e. The average molecular weight is 469 g/mol. The first kappa shape index (κ1) is 22.7. The molecule has 0 aliphatic carbocycles. The summed E-state index contributed by atoms with van der Waals surface area (Å²) in [6.07, 6.45) is 1.70. The molecule has 0 bridgehead atoms. The lowest BCUT2D eigenvalue weighted by Gasteiger charge is -2.17. The number of ether oxygens (including phenoxy) is 1. The second-order valence-electron chi connectivity index (χ2n) is 8.57. The highest BCUT2D eigenvalue weighted by Gasteiger charge is 2.33. The number of hydrogen-bond acceptors (Lipinski definition) is 6. The van der Waals surface area contributed by atoms with Gasteiger partial charge in [0.1, 0.15) is 22.7 Å². The van der Waals surface area contributed by atoms with Gasteiger partial charge in [-0.2, -0.15) is 5.10 Å². The van der Waals surface area contributed by atoms with Crippen molar-refractivity contribution in [1.29, 1.82) is 0 Å². The SMILES string of the molecule is CCCc1nn(C)c2c(C3C(=O)Nc4ccccc4N=C3C)nc(-c3ccccc3OCC)nc12. The van der Waals surface area contributed by atoms with Crippen LogP contribution in [0.5, 0.6) is 5.75 Å². The van der Waals surface area contributed by atoms with Crippen molar-refractivity contribution in [2.24, 2.45) is 12.0 Å². The topological polar surface area (TPSA) is 94.3 Å². The molecule has 4 aromatic rings. The Morgan fingerprint density at radius 2 is 1.83 bits per heavy atom. The Morgan fingerprint density at radius 1 is 1.06 bits per heavy atom. The van der Waals surface area contributed by atoms with Crippen LogP contribution in [0.3, 0.4) is 0 Å². The summed E-state index contributed by atoms with van der Waals surface area (Å²) < 4.78 is 7.66. The lowest BCUT2D eigenvalue weighted by Crippen LogP contribution is -2.27. The van der Waals surface area contributed by atoms with Gasteiger partial charge in [-0.05, 0) is 44.5 Å². The van der Waals surface area contributed by atoms with Crippen LogP contribution in [0.4, 0.5) is 11.4 Å². The Hall–Kier alpha value is -4.07. The number of aromatic nitrogens is 4. The number of amides is 1. The smallest absolute Gasteiger partial charge is 0.239 e. The normalized spacial score (nSPS) is 15.4. The highest BCUT2D eigenvalue weighted by Crippen LogP contribution is 2.36. The third kappa shape index (κ3) is 4.05. The Labute approximate surface area is 204 Å². The molecule has 1 aliphatic heterocycles. The lowest BCUT2D eigenvalue weighted by atomic mass is 9.97. The van der Waals surface area contributed by atoms with Gasteiger partial charge in [0.2, 0.25) is 5.91 Å². The van der Waals surface area contributed by atoms with Crippen molar-refractivity contribution >= 4 is 34.0 Å². The summed E-state index contributed by atoms with van der Waals surface area (Å²) >= 11 is 0. The second-order valence-corrected chi connectivity index (χ2v) is 8.57. The summed E-state index contributed by atoms with van der Waals surface area (Å²) in [5, 5.41) is 7.79. The van der Waals surface area contributed by atoms with Gasteiger partial charge in [-0.15, -0.1) is 0 Å². The van der Waals surface area contributed by atoms with Crippen LogP contribution < -0.4 is 10.1 Å². The number of aliphatic imine (C=N–C) groups is 1. The van der Waals surface area contributed by atoms with Crippen LogP contribution in [-0.4, -0.2) is 38.0 Å². The molecule has 8 heteroatoms. The minimum absolute atomic E-state index is 0.182. The highest BCUT2D eigenvalue weighted by atomic mass is 16.5. The van der Waals surface area contributed by atoms with Gasteiger partial charge in [-0.3, -0.25) is 14.5 Å². The van der Waals surface area contributed by atoms with Gasteiger partial charge in [0.15, 0.2) is 5.82 Å². The van der Waals surface area contributed by atoms with Crippen LogP contribution in [0, 0.1) is 0 Å². The van der Waals surface area contributed by atoms with Crippen molar-refractivity contribution in [2.45, 2.75) is 39.5 Å². The molecule has 8 nitrogen and oxygen atoms in total. The number of hydrogen-bond donors (Lipinski definition) is 1. The molecule has 1 aliphatic rings. The highest BCUT2D eigenvalue weighted by molar-refractivity contribution is 6.17. The molecule has 178 valence electrons. The van der Waals surface area contributed by atoms with Gasteiger partial charge in [0.05, 0.1) is 34.9 Å². The molecule has 0 saturated heterocycles. The van der Waals surface area contributed by atoms with Crippen molar-refractivity contribution in [3.05, 3.63) is 59.9 Å². The second kappa shape index (κ2) is 9.29. The number of rotatable bonds is 6.